The van der Waals surface area contributed by atoms with E-state index in [2.05, 4.69) is 9.26 Å². The maximum atomic E-state index is 11.6. The molecule has 0 amide bonds. The molecule has 0 bridgehead atoms. The van der Waals surface area contributed by atoms with Crippen molar-refractivity contribution in [3.63, 3.8) is 0 Å². The van der Waals surface area contributed by atoms with E-state index >= 15 is 0 Å². The highest BCUT2D eigenvalue weighted by molar-refractivity contribution is 7.47. The van der Waals surface area contributed by atoms with Crippen LogP contribution in [0.2, 0.25) is 0 Å². The summed E-state index contributed by atoms with van der Waals surface area (Å²) in [6.45, 7) is 2.36. The first-order valence-electron chi connectivity index (χ1n) is 3.63. The number of carbonyl (C=O) groups is 1. The van der Waals surface area contributed by atoms with Crippen molar-refractivity contribution in [2.45, 2.75) is 13.8 Å². The van der Waals surface area contributed by atoms with Crippen molar-refractivity contribution in [2.75, 3.05) is 13.2 Å². The van der Waals surface area contributed by atoms with Gasteiger partial charge in [0.05, 0.1) is 12.5 Å². The Morgan fingerprint density at radius 1 is 1.38 bits per heavy atom. The van der Waals surface area contributed by atoms with E-state index in [-0.39, 0.29) is 12.5 Å². The Kier molecular flexibility index (Phi) is 5.10. The van der Waals surface area contributed by atoms with Gasteiger partial charge < -0.3 is 4.74 Å². The third-order valence-corrected chi connectivity index (χ3v) is 1.52. The van der Waals surface area contributed by atoms with Crippen LogP contribution in [0.5, 0.6) is 0 Å². The molecule has 0 N–H and O–H groups in total. The highest BCUT2D eigenvalue weighted by Gasteiger charge is 2.20. The summed E-state index contributed by atoms with van der Waals surface area (Å²) in [7, 11) is -5.44. The summed E-state index contributed by atoms with van der Waals surface area (Å²) in [5.74, 6) is -0.821. The molecule has 7 heteroatoms. The molecule has 4 nitrogen and oxygen atoms in total. The first kappa shape index (κ1) is 12.5. The summed E-state index contributed by atoms with van der Waals surface area (Å²) in [6, 6.07) is 0. The zero-order valence-electron chi connectivity index (χ0n) is 7.33. The standard InChI is InChI=1S/C6H11F2O4P/c1-5(2)6(9)11-3-4-12-13(7,8)10/h5H,3-4H2,1-2H3. The van der Waals surface area contributed by atoms with Crippen molar-refractivity contribution in [2.24, 2.45) is 5.92 Å². The van der Waals surface area contributed by atoms with Gasteiger partial charge in [0.2, 0.25) is 0 Å². The van der Waals surface area contributed by atoms with E-state index in [0.29, 0.717) is 0 Å². The molecule has 0 aromatic rings. The van der Waals surface area contributed by atoms with Crippen LogP contribution in [0.1, 0.15) is 13.8 Å². The lowest BCUT2D eigenvalue weighted by molar-refractivity contribution is -0.148. The van der Waals surface area contributed by atoms with Crippen molar-refractivity contribution in [3.05, 3.63) is 0 Å². The summed E-state index contributed by atoms with van der Waals surface area (Å²) < 4.78 is 41.0. The van der Waals surface area contributed by atoms with E-state index in [4.69, 9.17) is 0 Å². The maximum Gasteiger partial charge on any atom is 0.552 e. The SMILES string of the molecule is CC(C)C(=O)OCCOP(=O)(F)F. The van der Waals surface area contributed by atoms with E-state index in [1.807, 2.05) is 0 Å². The van der Waals surface area contributed by atoms with Crippen LogP contribution in [0.3, 0.4) is 0 Å². The molecule has 0 radical (unpaired) electrons. The zero-order valence-corrected chi connectivity index (χ0v) is 8.22. The summed E-state index contributed by atoms with van der Waals surface area (Å²) in [6.07, 6.45) is 0. The number of carbonyl (C=O) groups excluding carboxylic acids is 1. The van der Waals surface area contributed by atoms with Gasteiger partial charge in [0.25, 0.3) is 0 Å². The molecule has 0 aliphatic carbocycles. The number of hydrogen-bond acceptors (Lipinski definition) is 4. The summed E-state index contributed by atoms with van der Waals surface area (Å²) in [5.41, 5.74) is 0. The fraction of sp³-hybridized carbons (Fsp3) is 0.833. The van der Waals surface area contributed by atoms with E-state index in [1.54, 1.807) is 13.8 Å². The van der Waals surface area contributed by atoms with Crippen LogP contribution >= 0.6 is 7.99 Å². The molecular weight excluding hydrogens is 205 g/mol. The van der Waals surface area contributed by atoms with E-state index in [1.165, 1.54) is 0 Å². The molecular formula is C6H11F2O4P. The molecule has 0 atom stereocenters. The molecule has 0 saturated heterocycles. The number of esters is 1. The minimum atomic E-state index is -5.44. The van der Waals surface area contributed by atoms with Crippen LogP contribution in [0.25, 0.3) is 0 Å². The van der Waals surface area contributed by atoms with E-state index < -0.39 is 20.6 Å². The quantitative estimate of drug-likeness (QED) is 0.401. The molecule has 0 aliphatic rings. The van der Waals surface area contributed by atoms with Crippen molar-refractivity contribution in [1.82, 2.24) is 0 Å². The molecule has 0 aliphatic heterocycles. The molecule has 0 saturated carbocycles. The summed E-state index contributed by atoms with van der Waals surface area (Å²) in [5, 5.41) is 0. The number of rotatable bonds is 5. The zero-order chi connectivity index (χ0) is 10.5. The average Bonchev–Trinajstić information content (AvgIpc) is 1.95. The minimum Gasteiger partial charge on any atom is -0.463 e. The largest absolute Gasteiger partial charge is 0.552 e. The van der Waals surface area contributed by atoms with Gasteiger partial charge >= 0.3 is 14.0 Å². The molecule has 0 aromatic heterocycles. The van der Waals surface area contributed by atoms with Crippen LogP contribution < -0.4 is 0 Å². The monoisotopic (exact) mass is 216 g/mol. The highest BCUT2D eigenvalue weighted by atomic mass is 31.2. The Morgan fingerprint density at radius 2 is 1.92 bits per heavy atom. The minimum absolute atomic E-state index is 0.311. The van der Waals surface area contributed by atoms with Gasteiger partial charge in [-0.1, -0.05) is 13.8 Å². The first-order valence-corrected chi connectivity index (χ1v) is 5.04. The number of hydrogen-bond donors (Lipinski definition) is 0. The van der Waals surface area contributed by atoms with Gasteiger partial charge in [-0.05, 0) is 0 Å². The number of halogens is 2. The van der Waals surface area contributed by atoms with Gasteiger partial charge in [0.1, 0.15) is 6.61 Å². The summed E-state index contributed by atoms with van der Waals surface area (Å²) in [4.78, 5) is 10.7. The van der Waals surface area contributed by atoms with Gasteiger partial charge in [-0.3, -0.25) is 9.32 Å². The van der Waals surface area contributed by atoms with Crippen molar-refractivity contribution in [3.8, 4) is 0 Å². The maximum absolute atomic E-state index is 11.6. The van der Waals surface area contributed by atoms with E-state index in [0.717, 1.165) is 0 Å². The van der Waals surface area contributed by atoms with Crippen LogP contribution in [0.4, 0.5) is 8.39 Å². The predicted molar refractivity (Wildman–Crippen MR) is 41.6 cm³/mol. The van der Waals surface area contributed by atoms with Gasteiger partial charge in [-0.15, -0.1) is 8.39 Å². The van der Waals surface area contributed by atoms with Crippen molar-refractivity contribution in [1.29, 1.82) is 0 Å². The van der Waals surface area contributed by atoms with Crippen LogP contribution in [-0.4, -0.2) is 19.2 Å². The normalized spacial score (nSPS) is 11.8. The lowest BCUT2D eigenvalue weighted by atomic mass is 10.2. The molecule has 0 rings (SSSR count). The Bertz CT molecular complexity index is 213. The van der Waals surface area contributed by atoms with Crippen molar-refractivity contribution >= 4 is 14.0 Å². The smallest absolute Gasteiger partial charge is 0.463 e. The van der Waals surface area contributed by atoms with Gasteiger partial charge in [-0.2, -0.15) is 0 Å². The van der Waals surface area contributed by atoms with E-state index in [9.17, 15) is 17.8 Å². The highest BCUT2D eigenvalue weighted by Crippen LogP contribution is 2.49. The Balaban J connectivity index is 3.47. The second-order valence-electron chi connectivity index (χ2n) is 2.57. The predicted octanol–water partition coefficient (Wildman–Crippen LogP) is 2.25. The van der Waals surface area contributed by atoms with Gasteiger partial charge in [-0.25, -0.2) is 4.57 Å². The molecule has 78 valence electrons. The molecule has 0 aromatic carbocycles. The number of ether oxygens (including phenoxy) is 1. The first-order chi connectivity index (χ1) is 5.83. The van der Waals surface area contributed by atoms with Crippen molar-refractivity contribution < 1.29 is 27.0 Å². The van der Waals surface area contributed by atoms with Crippen LogP contribution in [0.15, 0.2) is 0 Å². The van der Waals surface area contributed by atoms with Crippen LogP contribution in [-0.2, 0) is 18.6 Å². The molecule has 0 spiro atoms. The van der Waals surface area contributed by atoms with Crippen LogP contribution in [0, 0.1) is 5.92 Å². The lowest BCUT2D eigenvalue weighted by Gasteiger charge is -2.06. The Morgan fingerprint density at radius 3 is 2.31 bits per heavy atom. The van der Waals surface area contributed by atoms with Gasteiger partial charge in [0.15, 0.2) is 0 Å². The second-order valence-corrected chi connectivity index (χ2v) is 3.66. The molecule has 13 heavy (non-hydrogen) atoms. The summed E-state index contributed by atoms with van der Waals surface area (Å²) >= 11 is 0. The lowest BCUT2D eigenvalue weighted by Crippen LogP contribution is -2.14. The fourth-order valence-corrected chi connectivity index (χ4v) is 0.740. The second kappa shape index (κ2) is 5.29. The average molecular weight is 216 g/mol. The Hall–Kier alpha value is -0.480. The molecule has 0 unspecified atom stereocenters. The fourth-order valence-electron chi connectivity index (χ4n) is 0.452. The molecule has 0 heterocycles. The third-order valence-electron chi connectivity index (χ3n) is 1.04. The van der Waals surface area contributed by atoms with Gasteiger partial charge in [0, 0.05) is 0 Å². The Labute approximate surface area is 74.9 Å². The molecule has 0 fully saturated rings. The third kappa shape index (κ3) is 7.87. The topological polar surface area (TPSA) is 52.6 Å².